The molecule has 4 atom stereocenters. The predicted molar refractivity (Wildman–Crippen MR) is 80.4 cm³/mol. The van der Waals surface area contributed by atoms with Crippen LogP contribution in [-0.4, -0.2) is 53.3 Å². The van der Waals surface area contributed by atoms with Crippen LogP contribution in [0.2, 0.25) is 0 Å². The van der Waals surface area contributed by atoms with Gasteiger partial charge in [0, 0.05) is 25.6 Å². The number of likely N-dealkylation sites (tertiary alicyclic amines) is 2. The zero-order valence-corrected chi connectivity index (χ0v) is 12.9. The molecule has 1 aliphatic carbocycles. The maximum atomic E-state index is 12.6. The summed E-state index contributed by atoms with van der Waals surface area (Å²) in [4.78, 5) is 28.6. The zero-order valence-electron chi connectivity index (χ0n) is 12.9. The Balaban J connectivity index is 1.62. The van der Waals surface area contributed by atoms with Gasteiger partial charge in [-0.1, -0.05) is 0 Å². The number of carbonyl (C=O) groups is 2. The first-order valence-corrected chi connectivity index (χ1v) is 8.38. The van der Waals surface area contributed by atoms with Gasteiger partial charge in [0.05, 0.1) is 12.1 Å². The molecule has 2 amide bonds. The fourth-order valence-electron chi connectivity index (χ4n) is 3.97. The van der Waals surface area contributed by atoms with E-state index in [1.165, 1.54) is 0 Å². The standard InChI is InChI=1S/C16H24N4O2/c17-10-11-4-3-9-20(11)16(22)14(18)12-5-6-13(12)15(21)19-7-1-2-8-19/h11-14H,1-9,18H2/t11?,12-,13-,14-/m0/s1. The van der Waals surface area contributed by atoms with Gasteiger partial charge in [-0.3, -0.25) is 9.59 Å². The van der Waals surface area contributed by atoms with Gasteiger partial charge in [-0.25, -0.2) is 0 Å². The molecule has 0 radical (unpaired) electrons. The first kappa shape index (κ1) is 15.3. The molecule has 0 aromatic heterocycles. The molecule has 2 heterocycles. The van der Waals surface area contributed by atoms with E-state index in [9.17, 15) is 9.59 Å². The molecule has 1 unspecified atom stereocenters. The number of hydrogen-bond donors (Lipinski definition) is 1. The van der Waals surface area contributed by atoms with Gasteiger partial charge in [0.2, 0.25) is 11.8 Å². The van der Waals surface area contributed by atoms with E-state index in [0.717, 1.165) is 51.6 Å². The molecule has 0 aromatic carbocycles. The van der Waals surface area contributed by atoms with Crippen molar-refractivity contribution in [1.82, 2.24) is 9.80 Å². The van der Waals surface area contributed by atoms with Crippen LogP contribution >= 0.6 is 0 Å². The van der Waals surface area contributed by atoms with E-state index >= 15 is 0 Å². The molecule has 120 valence electrons. The van der Waals surface area contributed by atoms with E-state index in [0.29, 0.717) is 6.54 Å². The smallest absolute Gasteiger partial charge is 0.240 e. The summed E-state index contributed by atoms with van der Waals surface area (Å²) >= 11 is 0. The van der Waals surface area contributed by atoms with E-state index in [2.05, 4.69) is 6.07 Å². The monoisotopic (exact) mass is 304 g/mol. The maximum Gasteiger partial charge on any atom is 0.240 e. The highest BCUT2D eigenvalue weighted by Gasteiger charge is 2.46. The van der Waals surface area contributed by atoms with Crippen molar-refractivity contribution in [3.05, 3.63) is 0 Å². The molecule has 2 aliphatic heterocycles. The molecule has 3 aliphatic rings. The Kier molecular flexibility index (Phi) is 4.34. The molecule has 2 saturated heterocycles. The van der Waals surface area contributed by atoms with Crippen molar-refractivity contribution in [2.75, 3.05) is 19.6 Å². The molecular formula is C16H24N4O2. The molecule has 0 spiro atoms. The molecular weight excluding hydrogens is 280 g/mol. The van der Waals surface area contributed by atoms with Crippen LogP contribution in [0.4, 0.5) is 0 Å². The number of nitriles is 1. The Labute approximate surface area is 131 Å². The van der Waals surface area contributed by atoms with E-state index in [1.54, 1.807) is 4.90 Å². The van der Waals surface area contributed by atoms with Crippen molar-refractivity contribution in [1.29, 1.82) is 5.26 Å². The third-order valence-electron chi connectivity index (χ3n) is 5.49. The molecule has 3 fully saturated rings. The van der Waals surface area contributed by atoms with Crippen LogP contribution in [0.25, 0.3) is 0 Å². The molecule has 6 heteroatoms. The Hall–Kier alpha value is -1.61. The SMILES string of the molecule is N#CC1CCCN1C(=O)[C@@H](N)[C@H]1CC[C@@H]1C(=O)N1CCCC1. The minimum atomic E-state index is -0.640. The van der Waals surface area contributed by atoms with Crippen molar-refractivity contribution in [3.63, 3.8) is 0 Å². The van der Waals surface area contributed by atoms with Gasteiger partial charge in [0.1, 0.15) is 6.04 Å². The predicted octanol–water partition coefficient (Wildman–Crippen LogP) is 0.477. The van der Waals surface area contributed by atoms with Gasteiger partial charge < -0.3 is 15.5 Å². The van der Waals surface area contributed by atoms with Crippen molar-refractivity contribution < 1.29 is 9.59 Å². The Bertz CT molecular complexity index is 495. The molecule has 2 N–H and O–H groups in total. The van der Waals surface area contributed by atoms with Crippen molar-refractivity contribution in [2.45, 2.75) is 50.6 Å². The quantitative estimate of drug-likeness (QED) is 0.821. The Morgan fingerprint density at radius 1 is 1.09 bits per heavy atom. The topological polar surface area (TPSA) is 90.4 Å². The lowest BCUT2D eigenvalue weighted by Crippen LogP contribution is -2.56. The normalized spacial score (nSPS) is 32.5. The second-order valence-corrected chi connectivity index (χ2v) is 6.72. The van der Waals surface area contributed by atoms with Gasteiger partial charge in [-0.05, 0) is 44.4 Å². The fourth-order valence-corrected chi connectivity index (χ4v) is 3.97. The first-order chi connectivity index (χ1) is 10.6. The van der Waals surface area contributed by atoms with E-state index < -0.39 is 6.04 Å². The molecule has 0 aromatic rings. The highest BCUT2D eigenvalue weighted by Crippen LogP contribution is 2.39. The summed E-state index contributed by atoms with van der Waals surface area (Å²) in [7, 11) is 0. The van der Waals surface area contributed by atoms with Crippen molar-refractivity contribution >= 4 is 11.8 Å². The fraction of sp³-hybridized carbons (Fsp3) is 0.812. The van der Waals surface area contributed by atoms with E-state index in [1.807, 2.05) is 4.90 Å². The Morgan fingerprint density at radius 3 is 2.41 bits per heavy atom. The second kappa shape index (κ2) is 6.25. The minimum absolute atomic E-state index is 0.0551. The van der Waals surface area contributed by atoms with Crippen LogP contribution in [0.3, 0.4) is 0 Å². The first-order valence-electron chi connectivity index (χ1n) is 8.38. The van der Waals surface area contributed by atoms with Crippen LogP contribution in [0.5, 0.6) is 0 Å². The highest BCUT2D eigenvalue weighted by molar-refractivity contribution is 5.86. The summed E-state index contributed by atoms with van der Waals surface area (Å²) in [5.41, 5.74) is 6.17. The van der Waals surface area contributed by atoms with Crippen LogP contribution < -0.4 is 5.73 Å². The number of amides is 2. The van der Waals surface area contributed by atoms with Gasteiger partial charge in [-0.15, -0.1) is 0 Å². The summed E-state index contributed by atoms with van der Waals surface area (Å²) in [5, 5.41) is 9.12. The van der Waals surface area contributed by atoms with Gasteiger partial charge in [0.25, 0.3) is 0 Å². The number of nitrogens with zero attached hydrogens (tertiary/aromatic N) is 3. The van der Waals surface area contributed by atoms with Crippen LogP contribution in [0.1, 0.15) is 38.5 Å². The summed E-state index contributed by atoms with van der Waals surface area (Å²) < 4.78 is 0. The summed E-state index contributed by atoms with van der Waals surface area (Å²) in [5.74, 6) is -0.121. The van der Waals surface area contributed by atoms with Crippen LogP contribution in [0, 0.1) is 23.2 Å². The minimum Gasteiger partial charge on any atom is -0.342 e. The number of nitrogens with two attached hydrogens (primary N) is 1. The maximum absolute atomic E-state index is 12.6. The number of rotatable bonds is 3. The molecule has 6 nitrogen and oxygen atoms in total. The third-order valence-corrected chi connectivity index (χ3v) is 5.49. The van der Waals surface area contributed by atoms with Gasteiger partial charge in [-0.2, -0.15) is 5.26 Å². The third kappa shape index (κ3) is 2.58. The molecule has 22 heavy (non-hydrogen) atoms. The van der Waals surface area contributed by atoms with Crippen LogP contribution in [0.15, 0.2) is 0 Å². The lowest BCUT2D eigenvalue weighted by molar-refractivity contribution is -0.144. The number of hydrogen-bond acceptors (Lipinski definition) is 4. The van der Waals surface area contributed by atoms with Crippen molar-refractivity contribution in [2.24, 2.45) is 17.6 Å². The molecule has 3 rings (SSSR count). The summed E-state index contributed by atoms with van der Waals surface area (Å²) in [6.07, 6.45) is 5.41. The summed E-state index contributed by atoms with van der Waals surface area (Å²) in [6, 6.07) is 1.20. The van der Waals surface area contributed by atoms with Crippen molar-refractivity contribution in [3.8, 4) is 6.07 Å². The number of carbonyl (C=O) groups excluding carboxylic acids is 2. The lowest BCUT2D eigenvalue weighted by Gasteiger charge is -2.41. The molecule has 1 saturated carbocycles. The molecule has 0 bridgehead atoms. The average Bonchev–Trinajstić information content (AvgIpc) is 3.15. The van der Waals surface area contributed by atoms with Crippen LogP contribution in [-0.2, 0) is 9.59 Å². The highest BCUT2D eigenvalue weighted by atomic mass is 16.2. The Morgan fingerprint density at radius 2 is 1.82 bits per heavy atom. The summed E-state index contributed by atoms with van der Waals surface area (Å²) in [6.45, 7) is 2.30. The van der Waals surface area contributed by atoms with E-state index in [4.69, 9.17) is 11.0 Å². The lowest BCUT2D eigenvalue weighted by atomic mass is 9.68. The largest absolute Gasteiger partial charge is 0.342 e. The second-order valence-electron chi connectivity index (χ2n) is 6.72. The van der Waals surface area contributed by atoms with E-state index in [-0.39, 0.29) is 29.7 Å². The average molecular weight is 304 g/mol. The zero-order chi connectivity index (χ0) is 15.7. The van der Waals surface area contributed by atoms with Gasteiger partial charge >= 0.3 is 0 Å². The van der Waals surface area contributed by atoms with Gasteiger partial charge in [0.15, 0.2) is 0 Å².